The average Bonchev–Trinajstić information content (AvgIpc) is 2.89. The molecule has 3 unspecified atom stereocenters. The first-order valence-corrected chi connectivity index (χ1v) is 7.53. The molecule has 3 heteroatoms. The van der Waals surface area contributed by atoms with Gasteiger partial charge in [-0.1, -0.05) is 13.8 Å². The Kier molecular flexibility index (Phi) is 4.66. The molecule has 2 bridgehead atoms. The molecule has 0 saturated heterocycles. The number of nitrogens with one attached hydrogen (secondary N) is 1. The molecule has 1 N–H and O–H groups in total. The highest BCUT2D eigenvalue weighted by atomic mass is 16.5. The van der Waals surface area contributed by atoms with Gasteiger partial charge in [-0.15, -0.1) is 0 Å². The van der Waals surface area contributed by atoms with Gasteiger partial charge in [0.05, 0.1) is 12.5 Å². The van der Waals surface area contributed by atoms with Gasteiger partial charge in [0.15, 0.2) is 0 Å². The second-order valence-electron chi connectivity index (χ2n) is 6.27. The third-order valence-electron chi connectivity index (χ3n) is 4.58. The van der Waals surface area contributed by atoms with E-state index in [1.807, 2.05) is 6.92 Å². The zero-order valence-corrected chi connectivity index (χ0v) is 11.9. The fourth-order valence-corrected chi connectivity index (χ4v) is 3.70. The Morgan fingerprint density at radius 1 is 1.33 bits per heavy atom. The summed E-state index contributed by atoms with van der Waals surface area (Å²) in [6.07, 6.45) is 4.92. The average molecular weight is 253 g/mol. The van der Waals surface area contributed by atoms with E-state index in [-0.39, 0.29) is 11.9 Å². The maximum Gasteiger partial charge on any atom is 0.310 e. The molecule has 104 valence electrons. The molecular weight excluding hydrogens is 226 g/mol. The van der Waals surface area contributed by atoms with Crippen LogP contribution in [-0.4, -0.2) is 25.2 Å². The molecular formula is C15H27NO2. The Bertz CT molecular complexity index is 290. The van der Waals surface area contributed by atoms with Gasteiger partial charge in [0.25, 0.3) is 0 Å². The van der Waals surface area contributed by atoms with E-state index in [1.165, 1.54) is 25.7 Å². The zero-order valence-electron chi connectivity index (χ0n) is 11.9. The van der Waals surface area contributed by atoms with Crippen molar-refractivity contribution in [1.29, 1.82) is 0 Å². The fraction of sp³-hybridized carbons (Fsp3) is 0.933. The minimum atomic E-state index is 0.0340. The van der Waals surface area contributed by atoms with Crippen molar-refractivity contribution < 1.29 is 9.53 Å². The predicted molar refractivity (Wildman–Crippen MR) is 72.2 cm³/mol. The predicted octanol–water partition coefficient (Wildman–Crippen LogP) is 2.60. The number of carbonyl (C=O) groups is 1. The molecule has 4 atom stereocenters. The summed E-state index contributed by atoms with van der Waals surface area (Å²) in [5.41, 5.74) is 0. The Hall–Kier alpha value is -0.570. The van der Waals surface area contributed by atoms with Crippen molar-refractivity contribution in [3.63, 3.8) is 0 Å². The van der Waals surface area contributed by atoms with E-state index >= 15 is 0 Å². The largest absolute Gasteiger partial charge is 0.466 e. The van der Waals surface area contributed by atoms with E-state index in [2.05, 4.69) is 19.2 Å². The number of esters is 1. The van der Waals surface area contributed by atoms with Gasteiger partial charge in [0.2, 0.25) is 0 Å². The first-order valence-electron chi connectivity index (χ1n) is 7.53. The summed E-state index contributed by atoms with van der Waals surface area (Å²) in [5, 5.41) is 3.63. The van der Waals surface area contributed by atoms with Crippen LogP contribution in [0.4, 0.5) is 0 Å². The molecule has 0 spiro atoms. The van der Waals surface area contributed by atoms with Crippen molar-refractivity contribution in [2.45, 2.75) is 52.5 Å². The Labute approximate surface area is 111 Å². The van der Waals surface area contributed by atoms with Crippen molar-refractivity contribution >= 4 is 5.97 Å². The van der Waals surface area contributed by atoms with Crippen LogP contribution in [0.15, 0.2) is 0 Å². The molecule has 2 aliphatic rings. The molecule has 0 aromatic heterocycles. The van der Waals surface area contributed by atoms with Crippen LogP contribution in [0.2, 0.25) is 0 Å². The van der Waals surface area contributed by atoms with Gasteiger partial charge in [-0.25, -0.2) is 0 Å². The minimum absolute atomic E-state index is 0.0340. The van der Waals surface area contributed by atoms with Crippen molar-refractivity contribution in [3.8, 4) is 0 Å². The van der Waals surface area contributed by atoms with Gasteiger partial charge < -0.3 is 10.1 Å². The summed E-state index contributed by atoms with van der Waals surface area (Å²) < 4.78 is 5.26. The molecule has 3 nitrogen and oxygen atoms in total. The number of hydrogen-bond acceptors (Lipinski definition) is 3. The monoisotopic (exact) mass is 253 g/mol. The van der Waals surface area contributed by atoms with Gasteiger partial charge in [-0.2, -0.15) is 0 Å². The summed E-state index contributed by atoms with van der Waals surface area (Å²) in [4.78, 5) is 12.1. The highest BCUT2D eigenvalue weighted by Gasteiger charge is 2.51. The van der Waals surface area contributed by atoms with E-state index in [9.17, 15) is 4.79 Å². The summed E-state index contributed by atoms with van der Waals surface area (Å²) in [6.45, 7) is 7.91. The van der Waals surface area contributed by atoms with E-state index in [4.69, 9.17) is 4.74 Å². The maximum atomic E-state index is 12.1. The van der Waals surface area contributed by atoms with Crippen LogP contribution < -0.4 is 5.32 Å². The van der Waals surface area contributed by atoms with Crippen molar-refractivity contribution in [3.05, 3.63) is 0 Å². The van der Waals surface area contributed by atoms with Crippen LogP contribution in [0, 0.1) is 23.7 Å². The molecule has 2 saturated carbocycles. The molecule has 2 rings (SSSR count). The lowest BCUT2D eigenvalue weighted by atomic mass is 9.84. The smallest absolute Gasteiger partial charge is 0.310 e. The minimum Gasteiger partial charge on any atom is -0.466 e. The Balaban J connectivity index is 1.91. The number of carbonyl (C=O) groups excluding carboxylic acids is 1. The van der Waals surface area contributed by atoms with Crippen LogP contribution in [0.1, 0.15) is 46.5 Å². The SMILES string of the molecule is CCOC(=O)[C@@H]1C2CCC(C2)C1NCCC(C)C. The highest BCUT2D eigenvalue weighted by molar-refractivity contribution is 5.74. The number of fused-ring (bicyclic) bond motifs is 2. The third kappa shape index (κ3) is 2.87. The first kappa shape index (κ1) is 13.9. The first-order chi connectivity index (χ1) is 8.63. The molecule has 0 aromatic carbocycles. The Morgan fingerprint density at radius 2 is 2.06 bits per heavy atom. The summed E-state index contributed by atoms with van der Waals surface area (Å²) in [6, 6.07) is 0.376. The van der Waals surface area contributed by atoms with Crippen LogP contribution in [0.3, 0.4) is 0 Å². The highest BCUT2D eigenvalue weighted by Crippen LogP contribution is 2.48. The number of hydrogen-bond donors (Lipinski definition) is 1. The fourth-order valence-electron chi connectivity index (χ4n) is 3.70. The molecule has 2 aliphatic carbocycles. The van der Waals surface area contributed by atoms with Gasteiger partial charge in [-0.3, -0.25) is 4.79 Å². The standard InChI is InChI=1S/C15H27NO2/c1-4-18-15(17)13-11-5-6-12(9-11)14(13)16-8-7-10(2)3/h10-14,16H,4-9H2,1-3H3/t11?,12?,13-,14?/m1/s1. The van der Waals surface area contributed by atoms with Crippen molar-refractivity contribution in [2.24, 2.45) is 23.7 Å². The van der Waals surface area contributed by atoms with Gasteiger partial charge >= 0.3 is 5.97 Å². The third-order valence-corrected chi connectivity index (χ3v) is 4.58. The topological polar surface area (TPSA) is 38.3 Å². The van der Waals surface area contributed by atoms with Crippen LogP contribution in [-0.2, 0) is 9.53 Å². The van der Waals surface area contributed by atoms with E-state index in [1.54, 1.807) is 0 Å². The van der Waals surface area contributed by atoms with Crippen LogP contribution in [0.5, 0.6) is 0 Å². The van der Waals surface area contributed by atoms with Crippen molar-refractivity contribution in [2.75, 3.05) is 13.2 Å². The molecule has 0 radical (unpaired) electrons. The van der Waals surface area contributed by atoms with Gasteiger partial charge in [-0.05, 0) is 56.9 Å². The molecule has 2 fully saturated rings. The van der Waals surface area contributed by atoms with E-state index in [0.717, 1.165) is 12.5 Å². The van der Waals surface area contributed by atoms with E-state index < -0.39 is 0 Å². The normalized spacial score (nSPS) is 34.2. The summed E-state index contributed by atoms with van der Waals surface area (Å²) in [7, 11) is 0. The molecule has 0 heterocycles. The van der Waals surface area contributed by atoms with E-state index in [0.29, 0.717) is 24.5 Å². The van der Waals surface area contributed by atoms with Crippen LogP contribution >= 0.6 is 0 Å². The second kappa shape index (κ2) is 6.05. The summed E-state index contributed by atoms with van der Waals surface area (Å²) in [5.74, 6) is 2.15. The molecule has 0 aliphatic heterocycles. The van der Waals surface area contributed by atoms with Gasteiger partial charge in [0.1, 0.15) is 0 Å². The second-order valence-corrected chi connectivity index (χ2v) is 6.27. The number of rotatable bonds is 6. The number of ether oxygens (including phenoxy) is 1. The lowest BCUT2D eigenvalue weighted by Gasteiger charge is -2.30. The van der Waals surface area contributed by atoms with Crippen molar-refractivity contribution in [1.82, 2.24) is 5.32 Å². The van der Waals surface area contributed by atoms with Crippen LogP contribution in [0.25, 0.3) is 0 Å². The maximum absolute atomic E-state index is 12.1. The lowest BCUT2D eigenvalue weighted by molar-refractivity contribution is -0.150. The zero-order chi connectivity index (χ0) is 13.1. The molecule has 0 aromatic rings. The molecule has 0 amide bonds. The van der Waals surface area contributed by atoms with Gasteiger partial charge in [0, 0.05) is 6.04 Å². The molecule has 18 heavy (non-hydrogen) atoms. The lowest BCUT2D eigenvalue weighted by Crippen LogP contribution is -2.45. The quantitative estimate of drug-likeness (QED) is 0.739. The summed E-state index contributed by atoms with van der Waals surface area (Å²) >= 11 is 0. The Morgan fingerprint density at radius 3 is 2.72 bits per heavy atom.